The molecular formula is C23H22F22O2. The molecule has 0 unspecified atom stereocenters. The molecule has 0 aromatic carbocycles. The molecule has 2 rings (SSSR count). The van der Waals surface area contributed by atoms with Crippen molar-refractivity contribution < 1.29 is 106 Å². The normalized spacial score (nSPS) is 29.6. The van der Waals surface area contributed by atoms with Crippen LogP contribution in [-0.2, 0) is 9.47 Å². The Bertz CT molecular complexity index is 1010. The van der Waals surface area contributed by atoms with Gasteiger partial charge in [-0.25, -0.2) is 0 Å². The minimum Gasteiger partial charge on any atom is -0.304 e. The van der Waals surface area contributed by atoms with Crippen molar-refractivity contribution in [2.75, 3.05) is 0 Å². The molecule has 0 amide bonds. The summed E-state index contributed by atoms with van der Waals surface area (Å²) in [7, 11) is 0. The Labute approximate surface area is 249 Å². The fourth-order valence-electron chi connectivity index (χ4n) is 4.76. The molecule has 0 aromatic rings. The third-order valence-corrected chi connectivity index (χ3v) is 7.72. The summed E-state index contributed by atoms with van der Waals surface area (Å²) in [5, 5.41) is 0. The van der Waals surface area contributed by atoms with E-state index < -0.39 is 103 Å². The maximum atomic E-state index is 15.4. The quantitative estimate of drug-likeness (QED) is 0.112. The topological polar surface area (TPSA) is 18.5 Å². The van der Waals surface area contributed by atoms with Crippen LogP contribution in [0.2, 0.25) is 0 Å². The Balaban J connectivity index is 2.84. The van der Waals surface area contributed by atoms with Crippen molar-refractivity contribution in [3.8, 4) is 0 Å². The Morgan fingerprint density at radius 1 is 0.340 bits per heavy atom. The first-order valence-corrected chi connectivity index (χ1v) is 13.0. The lowest BCUT2D eigenvalue weighted by Crippen LogP contribution is -2.86. The molecule has 2 fully saturated rings. The lowest BCUT2D eigenvalue weighted by atomic mass is 9.78. The summed E-state index contributed by atoms with van der Waals surface area (Å²) in [6, 6.07) is 0. The molecule has 2 saturated carbocycles. The van der Waals surface area contributed by atoms with E-state index in [1.54, 1.807) is 6.92 Å². The van der Waals surface area contributed by atoms with E-state index >= 15 is 8.78 Å². The second-order valence-corrected chi connectivity index (χ2v) is 11.1. The summed E-state index contributed by atoms with van der Waals surface area (Å²) >= 11 is 0. The van der Waals surface area contributed by atoms with E-state index in [9.17, 15) is 87.8 Å². The van der Waals surface area contributed by atoms with Gasteiger partial charge < -0.3 is 9.47 Å². The number of hydrogen-bond donors (Lipinski definition) is 0. The molecule has 2 aliphatic rings. The molecule has 0 spiro atoms. The maximum Gasteiger partial charge on any atom is 0.384 e. The SMILES string of the molecule is CCCCCCCCCC(C)(OC1(F)C(F)(F)C(F)(F)C(F)(F)C(F)(F)C1(F)F)OC1(F)C(F)(F)C(F)(F)C(F)(F)C(F)(F)C1(F)F. The number of unbranched alkanes of at least 4 members (excludes halogenated alkanes) is 6. The standard InChI is InChI=1S/C23H22F22O2/c1-3-4-5-6-7-8-9-10-11(2,46-22(44)18(36,37)14(28,29)12(24,25)15(30,31)19(22,38)39)47-23(45)20(40,41)16(32,33)13(26,27)17(34,35)21(23,42)43/h3-10H2,1-2H3. The van der Waals surface area contributed by atoms with E-state index in [-0.39, 0.29) is 12.8 Å². The Morgan fingerprint density at radius 2 is 0.553 bits per heavy atom. The number of alkyl halides is 22. The first-order chi connectivity index (χ1) is 20.5. The number of halogens is 22. The monoisotopic (exact) mass is 748 g/mol. The van der Waals surface area contributed by atoms with Crippen LogP contribution in [0.5, 0.6) is 0 Å². The van der Waals surface area contributed by atoms with E-state index in [2.05, 4.69) is 9.47 Å². The Morgan fingerprint density at radius 3 is 0.809 bits per heavy atom. The van der Waals surface area contributed by atoms with Gasteiger partial charge >= 0.3 is 70.9 Å². The predicted molar refractivity (Wildman–Crippen MR) is 110 cm³/mol. The van der Waals surface area contributed by atoms with Crippen LogP contribution in [0.3, 0.4) is 0 Å². The highest BCUT2D eigenvalue weighted by molar-refractivity contribution is 5.25. The molecule has 0 N–H and O–H groups in total. The summed E-state index contributed by atoms with van der Waals surface area (Å²) in [4.78, 5) is 0. The summed E-state index contributed by atoms with van der Waals surface area (Å²) < 4.78 is 318. The van der Waals surface area contributed by atoms with Gasteiger partial charge in [-0.05, 0) is 13.3 Å². The minimum atomic E-state index is -8.04. The van der Waals surface area contributed by atoms with Gasteiger partial charge in [0.25, 0.3) is 0 Å². The minimum absolute atomic E-state index is 0.139. The number of hydrogen-bond acceptors (Lipinski definition) is 2. The highest BCUT2D eigenvalue weighted by Crippen LogP contribution is 2.73. The average molecular weight is 748 g/mol. The third-order valence-electron chi connectivity index (χ3n) is 7.72. The van der Waals surface area contributed by atoms with Crippen molar-refractivity contribution in [3.63, 3.8) is 0 Å². The molecule has 0 atom stereocenters. The van der Waals surface area contributed by atoms with Crippen LogP contribution in [0.4, 0.5) is 96.6 Å². The van der Waals surface area contributed by atoms with Gasteiger partial charge in [0.2, 0.25) is 0 Å². The summed E-state index contributed by atoms with van der Waals surface area (Å²) in [5.74, 6) is -101. The van der Waals surface area contributed by atoms with E-state index in [0.29, 0.717) is 19.3 Å². The van der Waals surface area contributed by atoms with E-state index in [1.807, 2.05) is 0 Å². The molecule has 0 bridgehead atoms. The van der Waals surface area contributed by atoms with Crippen LogP contribution < -0.4 is 0 Å². The van der Waals surface area contributed by atoms with Gasteiger partial charge in [0, 0.05) is 6.42 Å². The van der Waals surface area contributed by atoms with Crippen molar-refractivity contribution in [3.05, 3.63) is 0 Å². The number of ether oxygens (including phenoxy) is 2. The highest BCUT2D eigenvalue weighted by Gasteiger charge is 3.04. The van der Waals surface area contributed by atoms with Gasteiger partial charge in [-0.3, -0.25) is 0 Å². The van der Waals surface area contributed by atoms with Gasteiger partial charge in [-0.1, -0.05) is 45.4 Å². The first kappa shape index (κ1) is 41.6. The van der Waals surface area contributed by atoms with Gasteiger partial charge in [0.1, 0.15) is 0 Å². The molecule has 0 aliphatic heterocycles. The van der Waals surface area contributed by atoms with E-state index in [1.165, 1.54) is 0 Å². The van der Waals surface area contributed by atoms with Crippen molar-refractivity contribution in [1.82, 2.24) is 0 Å². The Hall–Kier alpha value is -1.62. The van der Waals surface area contributed by atoms with Crippen molar-refractivity contribution in [2.24, 2.45) is 0 Å². The summed E-state index contributed by atoms with van der Waals surface area (Å²) in [6.45, 7) is 0.844. The average Bonchev–Trinajstić information content (AvgIpc) is 2.90. The van der Waals surface area contributed by atoms with Crippen LogP contribution >= 0.6 is 0 Å². The highest BCUT2D eigenvalue weighted by atomic mass is 19.4. The number of rotatable bonds is 12. The van der Waals surface area contributed by atoms with Crippen molar-refractivity contribution in [1.29, 1.82) is 0 Å². The lowest BCUT2D eigenvalue weighted by molar-refractivity contribution is -0.572. The lowest BCUT2D eigenvalue weighted by Gasteiger charge is -2.56. The van der Waals surface area contributed by atoms with Crippen LogP contribution in [0, 0.1) is 0 Å². The molecule has 0 aromatic heterocycles. The van der Waals surface area contributed by atoms with E-state index in [4.69, 9.17) is 0 Å². The van der Waals surface area contributed by atoms with Crippen LogP contribution in [0.25, 0.3) is 0 Å². The largest absolute Gasteiger partial charge is 0.384 e. The first-order valence-electron chi connectivity index (χ1n) is 13.0. The molecule has 47 heavy (non-hydrogen) atoms. The van der Waals surface area contributed by atoms with Gasteiger partial charge in [-0.15, -0.1) is 0 Å². The van der Waals surface area contributed by atoms with Gasteiger partial charge in [-0.2, -0.15) is 96.6 Å². The zero-order chi connectivity index (χ0) is 37.6. The molecule has 2 nitrogen and oxygen atoms in total. The fraction of sp³-hybridized carbons (Fsp3) is 1.00. The van der Waals surface area contributed by atoms with E-state index in [0.717, 1.165) is 0 Å². The zero-order valence-corrected chi connectivity index (χ0v) is 23.3. The molecule has 0 heterocycles. The van der Waals surface area contributed by atoms with Crippen LogP contribution in [0.15, 0.2) is 0 Å². The van der Waals surface area contributed by atoms with Gasteiger partial charge in [0.05, 0.1) is 0 Å². The van der Waals surface area contributed by atoms with Gasteiger partial charge in [0.15, 0.2) is 5.79 Å². The Kier molecular flexibility index (Phi) is 9.90. The van der Waals surface area contributed by atoms with Crippen LogP contribution in [0.1, 0.15) is 65.2 Å². The zero-order valence-electron chi connectivity index (χ0n) is 23.3. The molecular weight excluding hydrogens is 726 g/mol. The molecule has 0 radical (unpaired) electrons. The maximum absolute atomic E-state index is 15.4. The second-order valence-electron chi connectivity index (χ2n) is 11.1. The fourth-order valence-corrected chi connectivity index (χ4v) is 4.76. The van der Waals surface area contributed by atoms with Crippen molar-refractivity contribution >= 4 is 0 Å². The predicted octanol–water partition coefficient (Wildman–Crippen LogP) is 10.6. The second kappa shape index (κ2) is 11.2. The molecule has 24 heteroatoms. The van der Waals surface area contributed by atoms with Crippen molar-refractivity contribution in [2.45, 2.75) is 142 Å². The smallest absolute Gasteiger partial charge is 0.304 e. The molecule has 2 aliphatic carbocycles. The molecule has 280 valence electrons. The summed E-state index contributed by atoms with van der Waals surface area (Å²) in [6.07, 6.45) is -2.70. The summed E-state index contributed by atoms with van der Waals surface area (Å²) in [5.41, 5.74) is 0. The van der Waals surface area contributed by atoms with Crippen LogP contribution in [-0.4, -0.2) is 76.7 Å². The third kappa shape index (κ3) is 4.84. The molecule has 0 saturated heterocycles.